The molecule has 2 aromatic rings. The maximum Gasteiger partial charge on any atom is 0.0212 e. The van der Waals surface area contributed by atoms with E-state index in [1.165, 1.54) is 41.8 Å². The van der Waals surface area contributed by atoms with Gasteiger partial charge in [0.05, 0.1) is 0 Å². The van der Waals surface area contributed by atoms with Crippen LogP contribution in [0.15, 0.2) is 105 Å². The van der Waals surface area contributed by atoms with Crippen molar-refractivity contribution in [2.24, 2.45) is 0 Å². The fraction of sp³-hybridized carbons (Fsp3) is 0.0833. The zero-order valence-corrected chi connectivity index (χ0v) is 16.5. The van der Waals surface area contributed by atoms with Crippen molar-refractivity contribution in [3.8, 4) is 11.1 Å². The second kappa shape index (κ2) is 7.61. The van der Waals surface area contributed by atoms with Crippen molar-refractivity contribution in [1.29, 1.82) is 0 Å². The van der Waals surface area contributed by atoms with Crippen LogP contribution < -0.4 is 0 Å². The topological polar surface area (TPSA) is 0 Å². The van der Waals surface area contributed by atoms with Crippen molar-refractivity contribution in [3.63, 3.8) is 0 Å². The van der Waals surface area contributed by atoms with Crippen LogP contribution in [-0.2, 0) is 0 Å². The Kier molecular flexibility index (Phi) is 5.05. The van der Waals surface area contributed by atoms with Crippen molar-refractivity contribution < 1.29 is 0 Å². The average molecular weight is 373 g/mol. The normalized spacial score (nSPS) is 11.0. The lowest BCUT2D eigenvalue weighted by Gasteiger charge is -2.03. The Morgan fingerprint density at radius 3 is 1.35 bits per heavy atom. The van der Waals surface area contributed by atoms with Crippen LogP contribution in [0.1, 0.15) is 11.1 Å². The van der Waals surface area contributed by atoms with Gasteiger partial charge in [0.15, 0.2) is 0 Å². The highest BCUT2D eigenvalue weighted by Crippen LogP contribution is 2.46. The molecule has 0 unspecified atom stereocenters. The van der Waals surface area contributed by atoms with Gasteiger partial charge >= 0.3 is 0 Å². The molecular weight excluding hydrogens is 352 g/mol. The van der Waals surface area contributed by atoms with Crippen molar-refractivity contribution in [2.75, 3.05) is 0 Å². The highest BCUT2D eigenvalue weighted by atomic mass is 32.2. The van der Waals surface area contributed by atoms with E-state index in [1.54, 1.807) is 0 Å². The Bertz CT molecular complexity index is 906. The molecule has 0 bridgehead atoms. The van der Waals surface area contributed by atoms with Crippen molar-refractivity contribution in [3.05, 3.63) is 96.1 Å². The van der Waals surface area contributed by atoms with E-state index in [4.69, 9.17) is 0 Å². The Morgan fingerprint density at radius 1 is 0.500 bits per heavy atom. The minimum absolute atomic E-state index is 1.28. The summed E-state index contributed by atoms with van der Waals surface area (Å²) in [7, 11) is 0. The van der Waals surface area contributed by atoms with E-state index >= 15 is 0 Å². The maximum atomic E-state index is 2.33. The average Bonchev–Trinajstić information content (AvgIpc) is 2.82. The van der Waals surface area contributed by atoms with Gasteiger partial charge in [-0.25, -0.2) is 0 Å². The van der Waals surface area contributed by atoms with E-state index < -0.39 is 0 Å². The monoisotopic (exact) mass is 372 g/mol. The summed E-state index contributed by atoms with van der Waals surface area (Å²) in [5, 5.41) is 0. The zero-order chi connectivity index (χ0) is 17.9. The van der Waals surface area contributed by atoms with Crippen LogP contribution >= 0.6 is 23.5 Å². The standard InChI is InChI=1S/C24H20S2/c1-17-8-12-19(13-9-17)25-23-16-24(22-7-5-3-4-6-21(22)23)26-20-14-10-18(2)11-15-20/h3-16H,1-2H3. The van der Waals surface area contributed by atoms with Gasteiger partial charge in [-0.15, -0.1) is 0 Å². The molecule has 2 heteroatoms. The second-order valence-corrected chi connectivity index (χ2v) is 8.67. The van der Waals surface area contributed by atoms with Gasteiger partial charge < -0.3 is 0 Å². The first-order valence-electron chi connectivity index (χ1n) is 8.70. The lowest BCUT2D eigenvalue weighted by Crippen LogP contribution is -1.75. The number of hydrogen-bond acceptors (Lipinski definition) is 2. The molecule has 0 N–H and O–H groups in total. The van der Waals surface area contributed by atoms with E-state index in [9.17, 15) is 0 Å². The summed E-state index contributed by atoms with van der Waals surface area (Å²) in [6, 6.07) is 30.7. The second-order valence-electron chi connectivity index (χ2n) is 6.44. The Morgan fingerprint density at radius 2 is 0.923 bits per heavy atom. The van der Waals surface area contributed by atoms with Crippen LogP contribution in [0.2, 0.25) is 0 Å². The highest BCUT2D eigenvalue weighted by Gasteiger charge is 2.16. The number of fused-ring (bicyclic) bond motifs is 1. The third-order valence-corrected chi connectivity index (χ3v) is 6.46. The van der Waals surface area contributed by atoms with Crippen LogP contribution in [0.25, 0.3) is 11.1 Å². The van der Waals surface area contributed by atoms with Gasteiger partial charge in [-0.3, -0.25) is 0 Å². The first kappa shape index (κ1) is 17.3. The molecule has 26 heavy (non-hydrogen) atoms. The predicted molar refractivity (Wildman–Crippen MR) is 114 cm³/mol. The molecule has 0 aromatic heterocycles. The van der Waals surface area contributed by atoms with Crippen LogP contribution in [0.3, 0.4) is 0 Å². The molecular formula is C24H20S2. The van der Waals surface area contributed by atoms with Gasteiger partial charge in [0.1, 0.15) is 0 Å². The third kappa shape index (κ3) is 3.82. The molecule has 0 spiro atoms. The summed E-state index contributed by atoms with van der Waals surface area (Å²) in [5.74, 6) is 0. The van der Waals surface area contributed by atoms with Crippen molar-refractivity contribution in [2.45, 2.75) is 33.4 Å². The molecule has 0 atom stereocenters. The Hall–Kier alpha value is -2.16. The fourth-order valence-electron chi connectivity index (χ4n) is 2.89. The maximum absolute atomic E-state index is 2.33. The molecule has 2 aliphatic carbocycles. The van der Waals surface area contributed by atoms with Crippen LogP contribution in [-0.4, -0.2) is 0 Å². The van der Waals surface area contributed by atoms with Crippen LogP contribution in [0.4, 0.5) is 0 Å². The van der Waals surface area contributed by atoms with Gasteiger partial charge in [-0.1, -0.05) is 89.2 Å². The molecule has 0 nitrogen and oxygen atoms in total. The fourth-order valence-corrected chi connectivity index (χ4v) is 4.94. The number of hydrogen-bond donors (Lipinski definition) is 0. The molecule has 128 valence electrons. The summed E-state index contributed by atoms with van der Waals surface area (Å²) in [4.78, 5) is 5.19. The van der Waals surface area contributed by atoms with E-state index in [0.717, 1.165) is 0 Å². The summed E-state index contributed by atoms with van der Waals surface area (Å²) in [6.07, 6.45) is 0. The predicted octanol–water partition coefficient (Wildman–Crippen LogP) is 7.71. The first-order valence-corrected chi connectivity index (χ1v) is 10.3. The largest absolute Gasteiger partial charge is 0.0894 e. The van der Waals surface area contributed by atoms with Crippen molar-refractivity contribution in [1.82, 2.24) is 0 Å². The highest BCUT2D eigenvalue weighted by molar-refractivity contribution is 8.00. The molecule has 2 aliphatic rings. The molecule has 0 aliphatic heterocycles. The van der Waals surface area contributed by atoms with Gasteiger partial charge in [-0.05, 0) is 55.3 Å². The molecule has 0 saturated heterocycles. The van der Waals surface area contributed by atoms with Gasteiger partial charge in [-0.2, -0.15) is 0 Å². The minimum Gasteiger partial charge on any atom is -0.0894 e. The summed E-state index contributed by atoms with van der Waals surface area (Å²) >= 11 is 3.68. The molecule has 0 heterocycles. The third-order valence-electron chi connectivity index (χ3n) is 4.33. The Labute approximate surface area is 164 Å². The first-order chi connectivity index (χ1) is 12.7. The zero-order valence-electron chi connectivity index (χ0n) is 14.9. The number of aryl methyl sites for hydroxylation is 2. The molecule has 4 rings (SSSR count). The van der Waals surface area contributed by atoms with E-state index in [1.807, 2.05) is 23.5 Å². The summed E-state index contributed by atoms with van der Waals surface area (Å²) < 4.78 is 0. The number of benzene rings is 2. The van der Waals surface area contributed by atoms with Crippen molar-refractivity contribution >= 4 is 23.5 Å². The smallest absolute Gasteiger partial charge is 0.0212 e. The van der Waals surface area contributed by atoms with E-state index in [-0.39, 0.29) is 0 Å². The molecule has 2 aromatic carbocycles. The summed E-state index contributed by atoms with van der Waals surface area (Å²) in [5.41, 5.74) is 5.22. The minimum atomic E-state index is 1.28. The van der Waals surface area contributed by atoms with Gasteiger partial charge in [0.25, 0.3) is 0 Å². The molecule has 0 radical (unpaired) electrons. The lowest BCUT2D eigenvalue weighted by atomic mass is 10.2. The van der Waals surface area contributed by atoms with Gasteiger partial charge in [0.2, 0.25) is 0 Å². The number of rotatable bonds is 4. The quantitative estimate of drug-likeness (QED) is 0.360. The molecule has 0 fully saturated rings. The summed E-state index contributed by atoms with van der Waals surface area (Å²) in [6.45, 7) is 4.26. The van der Waals surface area contributed by atoms with E-state index in [2.05, 4.69) is 98.8 Å². The Balaban J connectivity index is 1.71. The SMILES string of the molecule is Cc1ccc(Sc2cc(Sc3ccc(C)cc3)c3cccccc2-3)cc1. The van der Waals surface area contributed by atoms with E-state index in [0.29, 0.717) is 0 Å². The lowest BCUT2D eigenvalue weighted by molar-refractivity contribution is 1.36. The molecule has 0 saturated carbocycles. The van der Waals surface area contributed by atoms with Crippen LogP contribution in [0.5, 0.6) is 0 Å². The van der Waals surface area contributed by atoms with Gasteiger partial charge in [0, 0.05) is 19.6 Å². The van der Waals surface area contributed by atoms with Crippen LogP contribution in [0, 0.1) is 13.8 Å². The molecule has 0 amide bonds.